The fraction of sp³-hybridized carbons (Fsp3) is 0.130. The summed E-state index contributed by atoms with van der Waals surface area (Å²) in [5.74, 6) is -0.400. The molecule has 0 radical (unpaired) electrons. The summed E-state index contributed by atoms with van der Waals surface area (Å²) in [6, 6.07) is 21.1. The quantitative estimate of drug-likeness (QED) is 0.731. The van der Waals surface area contributed by atoms with Gasteiger partial charge in [-0.05, 0) is 34.9 Å². The summed E-state index contributed by atoms with van der Waals surface area (Å²) in [4.78, 5) is 27.3. The molecular weight excluding hydrogens is 350 g/mol. The number of nitrogens with zero attached hydrogens (tertiary/aromatic N) is 1. The van der Waals surface area contributed by atoms with Crippen LogP contribution in [0.5, 0.6) is 0 Å². The van der Waals surface area contributed by atoms with Crippen molar-refractivity contribution in [1.82, 2.24) is 5.32 Å². The number of benzene rings is 3. The Morgan fingerprint density at radius 3 is 2.43 bits per heavy atom. The van der Waals surface area contributed by atoms with Crippen molar-refractivity contribution >= 4 is 23.2 Å². The number of rotatable bonds is 4. The molecule has 0 saturated carbocycles. The second-order valence-corrected chi connectivity index (χ2v) is 6.93. The van der Waals surface area contributed by atoms with Crippen molar-refractivity contribution in [3.05, 3.63) is 83.4 Å². The lowest BCUT2D eigenvalue weighted by atomic mass is 9.95. The predicted molar refractivity (Wildman–Crippen MR) is 112 cm³/mol. The average Bonchev–Trinajstić information content (AvgIpc) is 3.11. The third-order valence-corrected chi connectivity index (χ3v) is 4.93. The molecule has 4 rings (SSSR count). The van der Waals surface area contributed by atoms with E-state index in [0.717, 1.165) is 22.4 Å². The molecule has 3 aromatic carbocycles. The molecule has 2 N–H and O–H groups in total. The van der Waals surface area contributed by atoms with Gasteiger partial charge in [0.1, 0.15) is 0 Å². The van der Waals surface area contributed by atoms with Gasteiger partial charge in [-0.1, -0.05) is 48.5 Å². The first kappa shape index (κ1) is 17.8. The molecule has 0 saturated heterocycles. The molecule has 0 bridgehead atoms. The lowest BCUT2D eigenvalue weighted by Crippen LogP contribution is -2.20. The number of hydrogen-bond acceptors (Lipinski definition) is 3. The third kappa shape index (κ3) is 3.11. The highest BCUT2D eigenvalue weighted by Crippen LogP contribution is 2.34. The minimum absolute atomic E-state index is 0.163. The molecule has 1 aliphatic heterocycles. The first-order valence-electron chi connectivity index (χ1n) is 9.13. The Labute approximate surface area is 164 Å². The summed E-state index contributed by atoms with van der Waals surface area (Å²) in [6.07, 6.45) is 0. The van der Waals surface area contributed by atoms with E-state index in [4.69, 9.17) is 0 Å². The van der Waals surface area contributed by atoms with E-state index in [2.05, 4.69) is 10.6 Å². The molecule has 0 aliphatic carbocycles. The Balaban J connectivity index is 1.73. The molecule has 0 spiro atoms. The van der Waals surface area contributed by atoms with Crippen molar-refractivity contribution in [2.45, 2.75) is 6.54 Å². The number of para-hydroxylation sites is 1. The van der Waals surface area contributed by atoms with E-state index < -0.39 is 0 Å². The zero-order valence-electron chi connectivity index (χ0n) is 15.8. The summed E-state index contributed by atoms with van der Waals surface area (Å²) >= 11 is 0. The van der Waals surface area contributed by atoms with Gasteiger partial charge in [0.25, 0.3) is 11.8 Å². The molecule has 140 valence electrons. The highest BCUT2D eigenvalue weighted by molar-refractivity contribution is 6.13. The molecule has 28 heavy (non-hydrogen) atoms. The molecule has 1 heterocycles. The van der Waals surface area contributed by atoms with E-state index in [-0.39, 0.29) is 11.8 Å². The highest BCUT2D eigenvalue weighted by Gasteiger charge is 2.27. The van der Waals surface area contributed by atoms with Crippen LogP contribution in [-0.4, -0.2) is 25.9 Å². The molecule has 0 aromatic heterocycles. The number of fused-ring (bicyclic) bond motifs is 1. The van der Waals surface area contributed by atoms with E-state index in [0.29, 0.717) is 23.4 Å². The SMILES string of the molecule is CN(C)c1ccccc1C(=O)Nc1ccc(-c2ccccc2)c2c1C(=O)NC2. The van der Waals surface area contributed by atoms with Gasteiger partial charge in [-0.15, -0.1) is 0 Å². The number of amides is 2. The van der Waals surface area contributed by atoms with Crippen molar-refractivity contribution in [1.29, 1.82) is 0 Å². The molecule has 5 nitrogen and oxygen atoms in total. The van der Waals surface area contributed by atoms with Gasteiger partial charge in [-0.2, -0.15) is 0 Å². The summed E-state index contributed by atoms with van der Waals surface area (Å²) in [5.41, 5.74) is 5.41. The van der Waals surface area contributed by atoms with E-state index in [1.165, 1.54) is 0 Å². The number of carbonyl (C=O) groups is 2. The summed E-state index contributed by atoms with van der Waals surface area (Å²) in [6.45, 7) is 0.455. The molecule has 1 aliphatic rings. The maximum Gasteiger partial charge on any atom is 0.257 e. The lowest BCUT2D eigenvalue weighted by Gasteiger charge is -2.18. The van der Waals surface area contributed by atoms with Crippen LogP contribution in [0, 0.1) is 0 Å². The van der Waals surface area contributed by atoms with E-state index in [1.54, 1.807) is 6.07 Å². The van der Waals surface area contributed by atoms with Gasteiger partial charge in [-0.25, -0.2) is 0 Å². The minimum Gasteiger partial charge on any atom is -0.377 e. The van der Waals surface area contributed by atoms with Crippen LogP contribution in [0.25, 0.3) is 11.1 Å². The summed E-state index contributed by atoms with van der Waals surface area (Å²) in [5, 5.41) is 5.82. The normalized spacial score (nSPS) is 12.3. The Bertz CT molecular complexity index is 1060. The van der Waals surface area contributed by atoms with E-state index >= 15 is 0 Å². The second kappa shape index (κ2) is 7.19. The summed E-state index contributed by atoms with van der Waals surface area (Å²) < 4.78 is 0. The van der Waals surface area contributed by atoms with Crippen molar-refractivity contribution in [2.75, 3.05) is 24.3 Å². The summed E-state index contributed by atoms with van der Waals surface area (Å²) in [7, 11) is 3.79. The van der Waals surface area contributed by atoms with Gasteiger partial charge in [0.2, 0.25) is 0 Å². The van der Waals surface area contributed by atoms with Crippen LogP contribution in [0.4, 0.5) is 11.4 Å². The molecule has 5 heteroatoms. The molecule has 0 atom stereocenters. The Hall–Kier alpha value is -3.60. The zero-order chi connectivity index (χ0) is 19.7. The van der Waals surface area contributed by atoms with Gasteiger partial charge in [0, 0.05) is 26.3 Å². The van der Waals surface area contributed by atoms with Crippen molar-refractivity contribution in [3.63, 3.8) is 0 Å². The van der Waals surface area contributed by atoms with Crippen LogP contribution < -0.4 is 15.5 Å². The number of hydrogen-bond donors (Lipinski definition) is 2. The number of nitrogens with one attached hydrogen (secondary N) is 2. The van der Waals surface area contributed by atoms with Crippen LogP contribution >= 0.6 is 0 Å². The van der Waals surface area contributed by atoms with Crippen LogP contribution in [0.3, 0.4) is 0 Å². The first-order valence-corrected chi connectivity index (χ1v) is 9.13. The standard InChI is InChI=1S/C23H21N3O2/c1-26(2)20-11-7-6-10-17(20)22(27)25-19-13-12-16(15-8-4-3-5-9-15)18-14-24-23(28)21(18)19/h3-13H,14H2,1-2H3,(H,24,28)(H,25,27). The maximum absolute atomic E-state index is 12.9. The van der Waals surface area contributed by atoms with Crippen molar-refractivity contribution < 1.29 is 9.59 Å². The minimum atomic E-state index is -0.237. The molecule has 3 aromatic rings. The number of anilines is 2. The third-order valence-electron chi connectivity index (χ3n) is 4.93. The van der Waals surface area contributed by atoms with Crippen molar-refractivity contribution in [2.24, 2.45) is 0 Å². The molecular formula is C23H21N3O2. The molecule has 2 amide bonds. The Kier molecular flexibility index (Phi) is 4.57. The fourth-order valence-corrected chi connectivity index (χ4v) is 3.59. The largest absolute Gasteiger partial charge is 0.377 e. The van der Waals surface area contributed by atoms with Crippen LogP contribution in [-0.2, 0) is 6.54 Å². The number of carbonyl (C=O) groups excluding carboxylic acids is 2. The van der Waals surface area contributed by atoms with Crippen LogP contribution in [0.2, 0.25) is 0 Å². The fourth-order valence-electron chi connectivity index (χ4n) is 3.59. The van der Waals surface area contributed by atoms with E-state index in [1.807, 2.05) is 79.7 Å². The average molecular weight is 371 g/mol. The topological polar surface area (TPSA) is 61.4 Å². The van der Waals surface area contributed by atoms with E-state index in [9.17, 15) is 9.59 Å². The maximum atomic E-state index is 12.9. The van der Waals surface area contributed by atoms with Gasteiger partial charge in [0.05, 0.1) is 16.8 Å². The first-order chi connectivity index (χ1) is 13.6. The Morgan fingerprint density at radius 2 is 1.68 bits per heavy atom. The van der Waals surface area contributed by atoms with Crippen molar-refractivity contribution in [3.8, 4) is 11.1 Å². The lowest BCUT2D eigenvalue weighted by molar-refractivity contribution is 0.0966. The molecule has 0 fully saturated rings. The van der Waals surface area contributed by atoms with Gasteiger partial charge in [-0.3, -0.25) is 9.59 Å². The van der Waals surface area contributed by atoms with Crippen LogP contribution in [0.1, 0.15) is 26.3 Å². The highest BCUT2D eigenvalue weighted by atomic mass is 16.2. The van der Waals surface area contributed by atoms with Gasteiger partial charge >= 0.3 is 0 Å². The van der Waals surface area contributed by atoms with Crippen LogP contribution in [0.15, 0.2) is 66.7 Å². The van der Waals surface area contributed by atoms with Gasteiger partial charge in [0.15, 0.2) is 0 Å². The predicted octanol–water partition coefficient (Wildman–Crippen LogP) is 3.92. The smallest absolute Gasteiger partial charge is 0.257 e. The zero-order valence-corrected chi connectivity index (χ0v) is 15.8. The molecule has 0 unspecified atom stereocenters. The monoisotopic (exact) mass is 371 g/mol. The Morgan fingerprint density at radius 1 is 0.964 bits per heavy atom. The second-order valence-electron chi connectivity index (χ2n) is 6.93. The van der Waals surface area contributed by atoms with Gasteiger partial charge < -0.3 is 15.5 Å².